The fourth-order valence-corrected chi connectivity index (χ4v) is 4.98. The molecule has 2 amide bonds. The Balaban J connectivity index is 1.79. The Hall–Kier alpha value is -2.07. The third-order valence-corrected chi connectivity index (χ3v) is 6.45. The Morgan fingerprint density at radius 2 is 1.96 bits per heavy atom. The van der Waals surface area contributed by atoms with Crippen molar-refractivity contribution >= 4 is 46.7 Å². The van der Waals surface area contributed by atoms with Gasteiger partial charge in [0.05, 0.1) is 22.8 Å². The maximum Gasteiger partial charge on any atom is 0.418 e. The van der Waals surface area contributed by atoms with Crippen LogP contribution in [0.2, 0.25) is 0 Å². The fourth-order valence-electron chi connectivity index (χ4n) is 2.42. The number of amides is 2. The molecule has 0 saturated carbocycles. The Kier molecular flexibility index (Phi) is 6.05. The molecule has 0 radical (unpaired) electrons. The summed E-state index contributed by atoms with van der Waals surface area (Å²) < 4.78 is 45.2. The number of rotatable bonds is 4. The molecular formula is C17H15F3N2O3S2. The minimum absolute atomic E-state index is 0.0206. The van der Waals surface area contributed by atoms with Gasteiger partial charge in [-0.3, -0.25) is 9.59 Å². The maximum atomic E-state index is 13.4. The molecular weight excluding hydrogens is 401 g/mol. The van der Waals surface area contributed by atoms with E-state index in [1.807, 2.05) is 0 Å². The summed E-state index contributed by atoms with van der Waals surface area (Å²) in [5, 5.41) is 4.33. The summed E-state index contributed by atoms with van der Waals surface area (Å²) in [4.78, 5) is 24.2. The summed E-state index contributed by atoms with van der Waals surface area (Å²) in [7, 11) is 0. The summed E-state index contributed by atoms with van der Waals surface area (Å²) in [6.45, 7) is 0. The van der Waals surface area contributed by atoms with Crippen LogP contribution in [0.25, 0.3) is 0 Å². The van der Waals surface area contributed by atoms with Crippen molar-refractivity contribution in [2.75, 3.05) is 27.9 Å². The molecule has 3 rings (SSSR count). The van der Waals surface area contributed by atoms with Crippen molar-refractivity contribution in [3.05, 3.63) is 47.9 Å². The number of alkyl halides is 3. The second-order valence-corrected chi connectivity index (χ2v) is 8.07. The summed E-state index contributed by atoms with van der Waals surface area (Å²) in [6, 6.07) is 6.12. The highest BCUT2D eigenvalue weighted by atomic mass is 32.2. The zero-order chi connectivity index (χ0) is 19.4. The lowest BCUT2D eigenvalue weighted by molar-refractivity contribution is -0.136. The van der Waals surface area contributed by atoms with Gasteiger partial charge in [0, 0.05) is 22.9 Å². The first-order valence-corrected chi connectivity index (χ1v) is 10.1. The number of halogens is 3. The molecule has 1 aliphatic rings. The number of anilines is 2. The molecule has 5 nitrogen and oxygen atoms in total. The van der Waals surface area contributed by atoms with E-state index >= 15 is 0 Å². The van der Waals surface area contributed by atoms with E-state index in [0.29, 0.717) is 5.75 Å². The second kappa shape index (κ2) is 8.30. The van der Waals surface area contributed by atoms with Gasteiger partial charge in [-0.2, -0.15) is 24.9 Å². The molecule has 1 fully saturated rings. The van der Waals surface area contributed by atoms with Crippen molar-refractivity contribution in [3.8, 4) is 0 Å². The molecule has 1 aromatic heterocycles. The molecule has 0 bridgehead atoms. The number of carbonyl (C=O) groups excluding carboxylic acids is 2. The van der Waals surface area contributed by atoms with E-state index in [9.17, 15) is 22.8 Å². The third-order valence-electron chi connectivity index (χ3n) is 3.69. The van der Waals surface area contributed by atoms with Crippen LogP contribution in [0.5, 0.6) is 0 Å². The molecule has 0 spiro atoms. The number of carbonyl (C=O) groups is 2. The van der Waals surface area contributed by atoms with Gasteiger partial charge in [-0.05, 0) is 30.3 Å². The highest BCUT2D eigenvalue weighted by Crippen LogP contribution is 2.37. The minimum Gasteiger partial charge on any atom is -0.459 e. The van der Waals surface area contributed by atoms with Crippen molar-refractivity contribution in [1.29, 1.82) is 0 Å². The van der Waals surface area contributed by atoms with E-state index in [1.165, 1.54) is 36.2 Å². The van der Waals surface area contributed by atoms with Crippen LogP contribution in [0.3, 0.4) is 0 Å². The number of furan rings is 1. The first-order valence-electron chi connectivity index (χ1n) is 7.91. The van der Waals surface area contributed by atoms with E-state index in [1.54, 1.807) is 11.8 Å². The zero-order valence-electron chi connectivity index (χ0n) is 13.8. The van der Waals surface area contributed by atoms with Gasteiger partial charge in [0.15, 0.2) is 5.76 Å². The van der Waals surface area contributed by atoms with Crippen molar-refractivity contribution in [3.63, 3.8) is 0 Å². The highest BCUT2D eigenvalue weighted by Gasteiger charge is 2.35. The first-order chi connectivity index (χ1) is 12.8. The molecule has 1 aromatic carbocycles. The number of benzene rings is 1. The summed E-state index contributed by atoms with van der Waals surface area (Å²) in [6.07, 6.45) is -3.40. The monoisotopic (exact) mass is 416 g/mol. The molecule has 2 heterocycles. The van der Waals surface area contributed by atoms with Crippen molar-refractivity contribution in [2.24, 2.45) is 0 Å². The van der Waals surface area contributed by atoms with Crippen LogP contribution >= 0.6 is 23.5 Å². The van der Waals surface area contributed by atoms with Crippen molar-refractivity contribution in [2.45, 2.75) is 11.4 Å². The molecule has 10 heteroatoms. The van der Waals surface area contributed by atoms with Crippen LogP contribution in [-0.2, 0) is 11.0 Å². The average molecular weight is 416 g/mol. The summed E-state index contributed by atoms with van der Waals surface area (Å²) >= 11 is 3.03. The number of thioether (sulfide) groups is 2. The standard InChI is InChI=1S/C17H15F3N2O3S2/c18-17(19,20)11-8-10(21-15(23)13-2-1-5-25-13)3-4-12(11)22-16(24)14-9-26-6-7-27-14/h1-5,8,14H,6-7,9H2,(H,21,23)(H,22,24). The van der Waals surface area contributed by atoms with Gasteiger partial charge in [-0.1, -0.05) is 0 Å². The van der Waals surface area contributed by atoms with Gasteiger partial charge in [0.25, 0.3) is 5.91 Å². The topological polar surface area (TPSA) is 71.3 Å². The van der Waals surface area contributed by atoms with Gasteiger partial charge >= 0.3 is 6.18 Å². The third kappa shape index (κ3) is 5.01. The predicted molar refractivity (Wildman–Crippen MR) is 100 cm³/mol. The molecule has 1 atom stereocenters. The van der Waals surface area contributed by atoms with Crippen LogP contribution in [-0.4, -0.2) is 34.3 Å². The molecule has 1 saturated heterocycles. The lowest BCUT2D eigenvalue weighted by atomic mass is 10.1. The van der Waals surface area contributed by atoms with Crippen LogP contribution in [0, 0.1) is 0 Å². The van der Waals surface area contributed by atoms with E-state index in [2.05, 4.69) is 10.6 Å². The Bertz CT molecular complexity index is 819. The quantitative estimate of drug-likeness (QED) is 0.776. The number of hydrogen-bond donors (Lipinski definition) is 2. The summed E-state index contributed by atoms with van der Waals surface area (Å²) in [5.41, 5.74) is -1.41. The molecule has 2 N–H and O–H groups in total. The van der Waals surface area contributed by atoms with Crippen LogP contribution < -0.4 is 10.6 Å². The summed E-state index contributed by atoms with van der Waals surface area (Å²) in [5.74, 6) is 1.13. The van der Waals surface area contributed by atoms with Crippen molar-refractivity contribution < 1.29 is 27.2 Å². The zero-order valence-corrected chi connectivity index (χ0v) is 15.5. The normalized spacial score (nSPS) is 17.4. The van der Waals surface area contributed by atoms with Crippen LogP contribution in [0.4, 0.5) is 24.5 Å². The van der Waals surface area contributed by atoms with Gasteiger partial charge < -0.3 is 15.1 Å². The smallest absolute Gasteiger partial charge is 0.418 e. The lowest BCUT2D eigenvalue weighted by Crippen LogP contribution is -2.31. The molecule has 1 aliphatic heterocycles. The second-order valence-electron chi connectivity index (χ2n) is 5.61. The van der Waals surface area contributed by atoms with E-state index in [4.69, 9.17) is 4.42 Å². The molecule has 1 unspecified atom stereocenters. The molecule has 2 aromatic rings. The first kappa shape index (κ1) is 19.7. The SMILES string of the molecule is O=C(Nc1ccc(NC(=O)C2CSCCS2)c(C(F)(F)F)c1)c1ccco1. The fraction of sp³-hybridized carbons (Fsp3) is 0.294. The van der Waals surface area contributed by atoms with Gasteiger partial charge in [-0.25, -0.2) is 0 Å². The number of hydrogen-bond acceptors (Lipinski definition) is 5. The maximum absolute atomic E-state index is 13.4. The number of nitrogens with one attached hydrogen (secondary N) is 2. The van der Waals surface area contributed by atoms with Gasteiger partial charge in [-0.15, -0.1) is 11.8 Å². The minimum atomic E-state index is -4.69. The Labute approximate surface area is 161 Å². The molecule has 0 aliphatic carbocycles. The molecule has 144 valence electrons. The largest absolute Gasteiger partial charge is 0.459 e. The van der Waals surface area contributed by atoms with Crippen molar-refractivity contribution in [1.82, 2.24) is 0 Å². The van der Waals surface area contributed by atoms with E-state index in [-0.39, 0.29) is 22.4 Å². The Morgan fingerprint density at radius 3 is 2.59 bits per heavy atom. The van der Waals surface area contributed by atoms with Crippen LogP contribution in [0.1, 0.15) is 16.1 Å². The van der Waals surface area contributed by atoms with Gasteiger partial charge in [0.2, 0.25) is 5.91 Å². The highest BCUT2D eigenvalue weighted by molar-refractivity contribution is 8.07. The lowest BCUT2D eigenvalue weighted by Gasteiger charge is -2.22. The average Bonchev–Trinajstić information content (AvgIpc) is 3.17. The van der Waals surface area contributed by atoms with Gasteiger partial charge in [0.1, 0.15) is 0 Å². The van der Waals surface area contributed by atoms with E-state index in [0.717, 1.165) is 23.6 Å². The molecule has 27 heavy (non-hydrogen) atoms. The predicted octanol–water partition coefficient (Wildman–Crippen LogP) is 4.34. The van der Waals surface area contributed by atoms with Crippen LogP contribution in [0.15, 0.2) is 41.0 Å². The van der Waals surface area contributed by atoms with E-state index < -0.39 is 23.6 Å². The Morgan fingerprint density at radius 1 is 1.15 bits per heavy atom.